The maximum atomic E-state index is 13.9. The van der Waals surface area contributed by atoms with E-state index >= 15 is 0 Å². The predicted molar refractivity (Wildman–Crippen MR) is 114 cm³/mol. The van der Waals surface area contributed by atoms with Crippen LogP contribution in [-0.2, 0) is 0 Å². The van der Waals surface area contributed by atoms with Gasteiger partial charge in [-0.05, 0) is 25.3 Å². The number of ether oxygens (including phenoxy) is 1. The highest BCUT2D eigenvalue weighted by Crippen LogP contribution is 2.33. The molecule has 1 unspecified atom stereocenters. The lowest BCUT2D eigenvalue weighted by Crippen LogP contribution is -2.25. The Hall–Kier alpha value is -3.36. The van der Waals surface area contributed by atoms with Crippen molar-refractivity contribution in [3.8, 4) is 17.0 Å². The standard InChI is InChI=1S/C22H24F2N6O/c1-13(16-6-17(23)18(24)7-20(16)31-15-4-3-5-15)9-26-21-8-19(29-12-30-21)14-10-27-22(25-2)28-11-14/h6-8,10-13,15H,3-5,9H2,1-2H3,(H,25,27,28)(H,26,29,30). The van der Waals surface area contributed by atoms with Crippen LogP contribution in [0.4, 0.5) is 20.5 Å². The van der Waals surface area contributed by atoms with Gasteiger partial charge in [0.1, 0.15) is 17.9 Å². The van der Waals surface area contributed by atoms with Gasteiger partial charge in [-0.15, -0.1) is 0 Å². The molecule has 3 aromatic rings. The minimum Gasteiger partial charge on any atom is -0.490 e. The number of hydrogen-bond donors (Lipinski definition) is 2. The summed E-state index contributed by atoms with van der Waals surface area (Å²) in [5, 5.41) is 6.11. The van der Waals surface area contributed by atoms with E-state index in [0.717, 1.165) is 30.9 Å². The van der Waals surface area contributed by atoms with Crippen molar-refractivity contribution in [1.82, 2.24) is 19.9 Å². The Kier molecular flexibility index (Phi) is 6.20. The van der Waals surface area contributed by atoms with Crippen molar-refractivity contribution in [2.45, 2.75) is 38.2 Å². The van der Waals surface area contributed by atoms with Gasteiger partial charge in [0.15, 0.2) is 11.6 Å². The first kappa shape index (κ1) is 20.9. The van der Waals surface area contributed by atoms with E-state index in [1.807, 2.05) is 6.92 Å². The molecular weight excluding hydrogens is 402 g/mol. The Morgan fingerprint density at radius 2 is 1.81 bits per heavy atom. The molecule has 7 nitrogen and oxygen atoms in total. The molecule has 2 aromatic heterocycles. The average molecular weight is 426 g/mol. The minimum atomic E-state index is -0.898. The number of nitrogens with one attached hydrogen (secondary N) is 2. The number of benzene rings is 1. The van der Waals surface area contributed by atoms with Crippen LogP contribution in [0.1, 0.15) is 37.7 Å². The van der Waals surface area contributed by atoms with Crippen molar-refractivity contribution >= 4 is 11.8 Å². The lowest BCUT2D eigenvalue weighted by Gasteiger charge is -2.28. The number of halogens is 2. The van der Waals surface area contributed by atoms with E-state index in [1.54, 1.807) is 25.5 Å². The number of nitrogens with zero attached hydrogens (tertiary/aromatic N) is 4. The second kappa shape index (κ2) is 9.20. The van der Waals surface area contributed by atoms with Gasteiger partial charge in [-0.2, -0.15) is 0 Å². The van der Waals surface area contributed by atoms with Crippen molar-refractivity contribution in [1.29, 1.82) is 0 Å². The third-order valence-electron chi connectivity index (χ3n) is 5.36. The maximum Gasteiger partial charge on any atom is 0.222 e. The lowest BCUT2D eigenvalue weighted by atomic mass is 9.95. The van der Waals surface area contributed by atoms with Crippen LogP contribution in [0.2, 0.25) is 0 Å². The minimum absolute atomic E-state index is 0.0738. The van der Waals surface area contributed by atoms with Gasteiger partial charge in [-0.1, -0.05) is 6.92 Å². The third kappa shape index (κ3) is 4.87. The first-order valence-corrected chi connectivity index (χ1v) is 10.2. The predicted octanol–water partition coefficient (Wildman–Crippen LogP) is 4.40. The summed E-state index contributed by atoms with van der Waals surface area (Å²) in [4.78, 5) is 16.9. The van der Waals surface area contributed by atoms with Gasteiger partial charge < -0.3 is 15.4 Å². The lowest BCUT2D eigenvalue weighted by molar-refractivity contribution is 0.118. The number of anilines is 2. The summed E-state index contributed by atoms with van der Waals surface area (Å²) in [6.45, 7) is 2.39. The van der Waals surface area contributed by atoms with Crippen molar-refractivity contribution in [2.75, 3.05) is 24.2 Å². The summed E-state index contributed by atoms with van der Waals surface area (Å²) in [6.07, 6.45) is 7.86. The van der Waals surface area contributed by atoms with Crippen LogP contribution in [0.15, 0.2) is 36.9 Å². The van der Waals surface area contributed by atoms with Crippen LogP contribution in [0.3, 0.4) is 0 Å². The molecule has 9 heteroatoms. The summed E-state index contributed by atoms with van der Waals surface area (Å²) in [5.41, 5.74) is 2.06. The Morgan fingerprint density at radius 1 is 1.06 bits per heavy atom. The molecule has 4 rings (SSSR count). The van der Waals surface area contributed by atoms with Crippen LogP contribution < -0.4 is 15.4 Å². The molecule has 31 heavy (non-hydrogen) atoms. The first-order chi connectivity index (χ1) is 15.0. The molecular formula is C22H24F2N6O. The van der Waals surface area contributed by atoms with Crippen molar-refractivity contribution in [3.05, 3.63) is 54.1 Å². The molecule has 0 radical (unpaired) electrons. The smallest absolute Gasteiger partial charge is 0.222 e. The van der Waals surface area contributed by atoms with E-state index in [9.17, 15) is 8.78 Å². The number of aromatic nitrogens is 4. The van der Waals surface area contributed by atoms with Crippen LogP contribution >= 0.6 is 0 Å². The molecule has 0 saturated heterocycles. The molecule has 1 fully saturated rings. The van der Waals surface area contributed by atoms with Gasteiger partial charge in [0.2, 0.25) is 5.95 Å². The Morgan fingerprint density at radius 3 is 2.48 bits per heavy atom. The largest absolute Gasteiger partial charge is 0.490 e. The van der Waals surface area contributed by atoms with Crippen molar-refractivity contribution < 1.29 is 13.5 Å². The molecule has 2 heterocycles. The SMILES string of the molecule is CNc1ncc(-c2cc(NCC(C)c3cc(F)c(F)cc3OC3CCC3)ncn2)cn1. The zero-order valence-electron chi connectivity index (χ0n) is 17.4. The van der Waals surface area contributed by atoms with E-state index < -0.39 is 11.6 Å². The van der Waals surface area contributed by atoms with Crippen LogP contribution in [0.5, 0.6) is 5.75 Å². The van der Waals surface area contributed by atoms with Gasteiger partial charge >= 0.3 is 0 Å². The van der Waals surface area contributed by atoms with E-state index in [4.69, 9.17) is 4.74 Å². The fourth-order valence-electron chi connectivity index (χ4n) is 3.27. The molecule has 1 aliphatic rings. The van der Waals surface area contributed by atoms with E-state index in [-0.39, 0.29) is 12.0 Å². The molecule has 162 valence electrons. The first-order valence-electron chi connectivity index (χ1n) is 10.2. The summed E-state index contributed by atoms with van der Waals surface area (Å²) < 4.78 is 33.6. The van der Waals surface area contributed by atoms with Crippen LogP contribution in [-0.4, -0.2) is 39.6 Å². The van der Waals surface area contributed by atoms with Crippen LogP contribution in [0, 0.1) is 11.6 Å². The second-order valence-corrected chi connectivity index (χ2v) is 7.59. The van der Waals surface area contributed by atoms with Gasteiger partial charge in [0, 0.05) is 55.2 Å². The van der Waals surface area contributed by atoms with Gasteiger partial charge in [0.05, 0.1) is 11.8 Å². The topological polar surface area (TPSA) is 84.9 Å². The molecule has 0 amide bonds. The molecule has 0 bridgehead atoms. The van der Waals surface area contributed by atoms with Gasteiger partial charge in [-0.25, -0.2) is 28.7 Å². The number of rotatable bonds is 8. The molecule has 1 saturated carbocycles. The average Bonchev–Trinajstić information content (AvgIpc) is 2.77. The monoisotopic (exact) mass is 426 g/mol. The van der Waals surface area contributed by atoms with E-state index in [1.165, 1.54) is 12.4 Å². The zero-order chi connectivity index (χ0) is 21.8. The molecule has 1 aliphatic carbocycles. The summed E-state index contributed by atoms with van der Waals surface area (Å²) in [6, 6.07) is 4.17. The summed E-state index contributed by atoms with van der Waals surface area (Å²) in [5.74, 6) is -0.373. The fourth-order valence-corrected chi connectivity index (χ4v) is 3.27. The van der Waals surface area contributed by atoms with E-state index in [0.29, 0.717) is 35.3 Å². The summed E-state index contributed by atoms with van der Waals surface area (Å²) in [7, 11) is 1.75. The van der Waals surface area contributed by atoms with Crippen molar-refractivity contribution in [2.24, 2.45) is 0 Å². The van der Waals surface area contributed by atoms with Gasteiger partial charge in [0.25, 0.3) is 0 Å². The zero-order valence-corrected chi connectivity index (χ0v) is 17.4. The molecule has 0 aliphatic heterocycles. The highest BCUT2D eigenvalue weighted by Gasteiger charge is 2.23. The molecule has 0 spiro atoms. The van der Waals surface area contributed by atoms with Crippen molar-refractivity contribution in [3.63, 3.8) is 0 Å². The highest BCUT2D eigenvalue weighted by atomic mass is 19.2. The Balaban J connectivity index is 1.47. The molecule has 1 aromatic carbocycles. The Bertz CT molecular complexity index is 1040. The van der Waals surface area contributed by atoms with E-state index in [2.05, 4.69) is 30.6 Å². The Labute approximate surface area is 179 Å². The maximum absolute atomic E-state index is 13.9. The fraction of sp³-hybridized carbons (Fsp3) is 0.364. The molecule has 2 N–H and O–H groups in total. The van der Waals surface area contributed by atoms with Crippen LogP contribution in [0.25, 0.3) is 11.3 Å². The normalized spacial score (nSPS) is 14.6. The third-order valence-corrected chi connectivity index (χ3v) is 5.36. The summed E-state index contributed by atoms with van der Waals surface area (Å²) >= 11 is 0. The molecule has 1 atom stereocenters. The highest BCUT2D eigenvalue weighted by molar-refractivity contribution is 5.60. The number of hydrogen-bond acceptors (Lipinski definition) is 7. The second-order valence-electron chi connectivity index (χ2n) is 7.59. The quantitative estimate of drug-likeness (QED) is 0.552. The van der Waals surface area contributed by atoms with Gasteiger partial charge in [-0.3, -0.25) is 0 Å².